The third-order valence-corrected chi connectivity index (χ3v) is 14.9. The molecule has 0 spiro atoms. The number of aliphatic hydroxyl groups excluding tert-OH is 13. The highest BCUT2D eigenvalue weighted by atomic mass is 16.8. The van der Waals surface area contributed by atoms with E-state index in [1.807, 2.05) is 0 Å². The van der Waals surface area contributed by atoms with Crippen molar-refractivity contribution in [2.45, 2.75) is 174 Å². The summed E-state index contributed by atoms with van der Waals surface area (Å²) in [5.74, 6) is -3.70. The predicted molar refractivity (Wildman–Crippen MR) is 275 cm³/mol. The molecule has 9 rings (SSSR count). The Balaban J connectivity index is 1.03. The fourth-order valence-corrected chi connectivity index (χ4v) is 10.1. The molecule has 462 valence electrons. The van der Waals surface area contributed by atoms with Crippen LogP contribution in [-0.2, 0) is 47.4 Å². The lowest BCUT2D eigenvalue weighted by molar-refractivity contribution is -0.368. The Kier molecular flexibility index (Phi) is 19.5. The lowest BCUT2D eigenvalue weighted by atomic mass is 9.96. The van der Waals surface area contributed by atoms with Gasteiger partial charge in [-0.05, 0) is 68.8 Å². The topological polar surface area (TPSA) is 472 Å². The molecular weight excluding hydrogens is 1130 g/mol. The van der Waals surface area contributed by atoms with Gasteiger partial charge in [-0.15, -0.1) is 0 Å². The summed E-state index contributed by atoms with van der Waals surface area (Å²) in [4.78, 5) is 28.2. The Morgan fingerprint density at radius 1 is 0.536 bits per heavy atom. The highest BCUT2D eigenvalue weighted by Gasteiger charge is 2.55. The minimum atomic E-state index is -2.21. The zero-order valence-electron chi connectivity index (χ0n) is 44.6. The summed E-state index contributed by atoms with van der Waals surface area (Å²) < 4.78 is 70.6. The lowest BCUT2D eigenvalue weighted by Gasteiger charge is -2.47. The molecule has 0 aliphatic carbocycles. The zero-order valence-corrected chi connectivity index (χ0v) is 44.6. The van der Waals surface area contributed by atoms with E-state index in [2.05, 4.69) is 0 Å². The second-order valence-electron chi connectivity index (χ2n) is 20.8. The molecule has 5 aliphatic heterocycles. The predicted octanol–water partition coefficient (Wildman–Crippen LogP) is -4.25. The van der Waals surface area contributed by atoms with Gasteiger partial charge in [0, 0.05) is 23.8 Å². The standard InChI is InChI=1S/C54H66O30/c1-18-32(60)37(65)41(69)51(74-18)77-25-14-26(58)31-27(15-25)78-46(22-7-11-24(57)12-8-22)47(36(31)64)83-54-49(84-52-42(70)38(66)33(61)19(2)75-52)40(68)35(63)29(80-54)17-73-50-44(72)48(82-53-43(71)39(67)34(62)28(16-55)79-53)45(20(3)76-50)81-30(59)13-6-21-4-9-23(56)10-5-21/h4-15,18-20,28-29,32-35,37-45,48-58,60-63,65-72H,16-17H2,1-3H3. The Hall–Kier alpha value is -5.76. The number of fused-ring (bicyclic) bond motifs is 1. The molecule has 4 aromatic rings. The molecule has 1 aromatic heterocycles. The van der Waals surface area contributed by atoms with Gasteiger partial charge < -0.3 is 138 Å². The van der Waals surface area contributed by atoms with Crippen LogP contribution in [0.4, 0.5) is 0 Å². The highest BCUT2D eigenvalue weighted by Crippen LogP contribution is 2.40. The maximum atomic E-state index is 14.8. The minimum absolute atomic E-state index is 0.00527. The van der Waals surface area contributed by atoms with E-state index in [9.17, 15) is 91.3 Å². The Morgan fingerprint density at radius 3 is 1.70 bits per heavy atom. The van der Waals surface area contributed by atoms with Crippen LogP contribution in [0.3, 0.4) is 0 Å². The van der Waals surface area contributed by atoms with Crippen molar-refractivity contribution in [3.63, 3.8) is 0 Å². The number of aliphatic hydroxyl groups is 13. The van der Waals surface area contributed by atoms with E-state index >= 15 is 0 Å². The molecule has 6 heterocycles. The maximum Gasteiger partial charge on any atom is 0.331 e. The first-order valence-electron chi connectivity index (χ1n) is 26.5. The molecule has 25 atom stereocenters. The fourth-order valence-electron chi connectivity index (χ4n) is 10.1. The second kappa shape index (κ2) is 26.1. The molecule has 16 N–H and O–H groups in total. The van der Waals surface area contributed by atoms with Crippen LogP contribution in [0.15, 0.2) is 76.0 Å². The summed E-state index contributed by atoms with van der Waals surface area (Å²) in [5, 5.41) is 172. The van der Waals surface area contributed by atoms with E-state index < -0.39 is 206 Å². The summed E-state index contributed by atoms with van der Waals surface area (Å²) in [6, 6.07) is 12.7. The first-order chi connectivity index (χ1) is 39.8. The zero-order chi connectivity index (χ0) is 60.7. The number of phenolic OH excluding ortho intramolecular Hbond substituents is 3. The van der Waals surface area contributed by atoms with Gasteiger partial charge in [0.15, 0.2) is 36.8 Å². The third-order valence-electron chi connectivity index (χ3n) is 14.9. The van der Waals surface area contributed by atoms with Crippen LogP contribution in [0.5, 0.6) is 28.7 Å². The van der Waals surface area contributed by atoms with Gasteiger partial charge in [-0.1, -0.05) is 12.1 Å². The van der Waals surface area contributed by atoms with Crippen molar-refractivity contribution < 1.29 is 143 Å². The lowest BCUT2D eigenvalue weighted by Crippen LogP contribution is -2.66. The largest absolute Gasteiger partial charge is 0.508 e. The summed E-state index contributed by atoms with van der Waals surface area (Å²) in [7, 11) is 0. The van der Waals surface area contributed by atoms with Crippen LogP contribution >= 0.6 is 0 Å². The fraction of sp³-hybridized carbons (Fsp3) is 0.556. The number of carbonyl (C=O) groups is 1. The molecule has 84 heavy (non-hydrogen) atoms. The van der Waals surface area contributed by atoms with Crippen molar-refractivity contribution >= 4 is 23.0 Å². The van der Waals surface area contributed by atoms with Crippen LogP contribution < -0.4 is 14.9 Å². The number of phenols is 3. The number of hydrogen-bond acceptors (Lipinski definition) is 30. The number of esters is 1. The van der Waals surface area contributed by atoms with Crippen molar-refractivity contribution in [1.29, 1.82) is 0 Å². The van der Waals surface area contributed by atoms with Crippen molar-refractivity contribution in [2.75, 3.05) is 13.2 Å². The maximum absolute atomic E-state index is 14.8. The number of benzene rings is 3. The molecule has 3 aromatic carbocycles. The Bertz CT molecular complexity index is 2960. The highest BCUT2D eigenvalue weighted by molar-refractivity contribution is 5.88. The molecule has 30 heteroatoms. The average molecular weight is 1200 g/mol. The van der Waals surface area contributed by atoms with Gasteiger partial charge >= 0.3 is 5.97 Å². The van der Waals surface area contributed by atoms with Crippen LogP contribution in [0.2, 0.25) is 0 Å². The quantitative estimate of drug-likeness (QED) is 0.0373. The summed E-state index contributed by atoms with van der Waals surface area (Å²) in [6.45, 7) is 2.30. The van der Waals surface area contributed by atoms with Gasteiger partial charge in [0.25, 0.3) is 0 Å². The molecule has 5 aliphatic rings. The van der Waals surface area contributed by atoms with Gasteiger partial charge in [0.2, 0.25) is 23.8 Å². The van der Waals surface area contributed by atoms with E-state index in [4.69, 9.17) is 56.5 Å². The number of hydrogen-bond donors (Lipinski definition) is 16. The molecule has 0 amide bonds. The van der Waals surface area contributed by atoms with Gasteiger partial charge in [-0.25, -0.2) is 4.79 Å². The SMILES string of the molecule is CC1OC(Oc2cc(O)c3c(=O)c(OC4OC(COC5OC(C)C(OC(=O)C=Cc6ccc(O)cc6)C(OC6OC(CO)C(O)C(O)C6O)C5O)C(O)C(O)C4OC4OC(C)C(O)C(O)C4O)c(-c4ccc(O)cc4)oc3c2)C(O)C(O)C1O. The summed E-state index contributed by atoms with van der Waals surface area (Å²) >= 11 is 0. The molecule has 5 saturated heterocycles. The molecule has 5 fully saturated rings. The van der Waals surface area contributed by atoms with Crippen molar-refractivity contribution in [1.82, 2.24) is 0 Å². The van der Waals surface area contributed by atoms with Gasteiger partial charge in [-0.2, -0.15) is 0 Å². The van der Waals surface area contributed by atoms with Crippen LogP contribution in [-0.4, -0.2) is 254 Å². The number of ether oxygens (including phenoxy) is 11. The molecule has 25 unspecified atom stereocenters. The second-order valence-corrected chi connectivity index (χ2v) is 20.8. The average Bonchev–Trinajstić information content (AvgIpc) is 1.46. The normalized spacial score (nSPS) is 39.3. The van der Waals surface area contributed by atoms with Crippen molar-refractivity contribution in [3.8, 4) is 40.1 Å². The van der Waals surface area contributed by atoms with E-state index in [0.717, 1.165) is 18.2 Å². The first-order valence-corrected chi connectivity index (χ1v) is 26.5. The van der Waals surface area contributed by atoms with Crippen molar-refractivity contribution in [3.05, 3.63) is 82.5 Å². The van der Waals surface area contributed by atoms with E-state index in [1.54, 1.807) is 0 Å². The Morgan fingerprint density at radius 2 is 1.07 bits per heavy atom. The molecule has 0 radical (unpaired) electrons. The number of carbonyl (C=O) groups excluding carboxylic acids is 1. The third kappa shape index (κ3) is 13.0. The molecule has 30 nitrogen and oxygen atoms in total. The minimum Gasteiger partial charge on any atom is -0.508 e. The molecule has 0 bridgehead atoms. The van der Waals surface area contributed by atoms with E-state index in [0.29, 0.717) is 5.56 Å². The van der Waals surface area contributed by atoms with Gasteiger partial charge in [0.05, 0.1) is 31.5 Å². The molecular formula is C54H66O30. The monoisotopic (exact) mass is 1190 g/mol. The van der Waals surface area contributed by atoms with Crippen LogP contribution in [0.1, 0.15) is 26.3 Å². The molecule has 0 saturated carbocycles. The van der Waals surface area contributed by atoms with E-state index in [1.165, 1.54) is 75.4 Å². The summed E-state index contributed by atoms with van der Waals surface area (Å²) in [6.07, 6.45) is -42.3. The van der Waals surface area contributed by atoms with Crippen LogP contribution in [0, 0.1) is 0 Å². The summed E-state index contributed by atoms with van der Waals surface area (Å²) in [5.41, 5.74) is -1.10. The number of aromatic hydroxyl groups is 3. The van der Waals surface area contributed by atoms with Gasteiger partial charge in [-0.3, -0.25) is 4.79 Å². The smallest absolute Gasteiger partial charge is 0.331 e. The first kappa shape index (κ1) is 62.8. The van der Waals surface area contributed by atoms with E-state index in [-0.39, 0.29) is 22.8 Å². The number of rotatable bonds is 16. The Labute approximate surface area is 475 Å². The van der Waals surface area contributed by atoms with Crippen molar-refractivity contribution in [2.24, 2.45) is 0 Å². The van der Waals surface area contributed by atoms with Crippen LogP contribution in [0.25, 0.3) is 28.4 Å². The van der Waals surface area contributed by atoms with Gasteiger partial charge in [0.1, 0.15) is 126 Å².